The van der Waals surface area contributed by atoms with Crippen LogP contribution in [0.2, 0.25) is 0 Å². The molecule has 0 radical (unpaired) electrons. The normalized spacial score (nSPS) is 18.1. The number of benzene rings is 1. The number of hydrogen-bond donors (Lipinski definition) is 0. The van der Waals surface area contributed by atoms with Crippen LogP contribution in [0.1, 0.15) is 36.0 Å². The van der Waals surface area contributed by atoms with Crippen LogP contribution >= 0.6 is 23.5 Å². The second-order valence-electron chi connectivity index (χ2n) is 4.42. The molecule has 0 unspecified atom stereocenters. The fraction of sp³-hybridized carbons (Fsp3) is 0.438. The van der Waals surface area contributed by atoms with Gasteiger partial charge in [0.25, 0.3) is 0 Å². The number of hydrogen-bond acceptors (Lipinski definition) is 3. The maximum absolute atomic E-state index is 4.36. The molecule has 1 aromatic carbocycles. The van der Waals surface area contributed by atoms with Crippen LogP contribution in [0.3, 0.4) is 0 Å². The monoisotopic (exact) mass is 291 g/mol. The van der Waals surface area contributed by atoms with E-state index in [1.165, 1.54) is 34.6 Å². The van der Waals surface area contributed by atoms with Crippen molar-refractivity contribution in [3.05, 3.63) is 41.5 Å². The molecule has 0 aromatic heterocycles. The molecule has 0 N–H and O–H groups in total. The molecule has 0 amide bonds. The number of allylic oxidation sites excluding steroid dienone is 2. The van der Waals surface area contributed by atoms with Crippen LogP contribution in [0, 0.1) is 0 Å². The fourth-order valence-electron chi connectivity index (χ4n) is 2.05. The highest BCUT2D eigenvalue weighted by molar-refractivity contribution is 8.16. The van der Waals surface area contributed by atoms with Crippen molar-refractivity contribution in [3.63, 3.8) is 0 Å². The maximum Gasteiger partial charge on any atom is 0.0751 e. The van der Waals surface area contributed by atoms with Crippen molar-refractivity contribution in [2.75, 3.05) is 18.1 Å². The number of nitrogens with zero attached hydrogens (tertiary/aromatic N) is 1. The number of rotatable bonds is 4. The molecule has 1 aliphatic rings. The van der Waals surface area contributed by atoms with Gasteiger partial charge in [0.1, 0.15) is 0 Å². The largest absolute Gasteiger partial charge is 0.293 e. The molecule has 1 aliphatic heterocycles. The third kappa shape index (κ3) is 4.15. The van der Waals surface area contributed by atoms with Gasteiger partial charge < -0.3 is 0 Å². The predicted octanol–water partition coefficient (Wildman–Crippen LogP) is 5.05. The Balaban J connectivity index is 2.20. The first-order chi connectivity index (χ1) is 9.35. The van der Waals surface area contributed by atoms with E-state index in [0.717, 1.165) is 6.54 Å². The summed E-state index contributed by atoms with van der Waals surface area (Å²) in [6.07, 6.45) is 5.47. The molecule has 102 valence electrons. The third-order valence-corrected chi connectivity index (χ3v) is 6.06. The van der Waals surface area contributed by atoms with E-state index in [1.54, 1.807) is 0 Å². The van der Waals surface area contributed by atoms with Crippen LogP contribution in [0.15, 0.2) is 35.3 Å². The summed E-state index contributed by atoms with van der Waals surface area (Å²) in [4.78, 5) is 4.36. The Kier molecular flexibility index (Phi) is 6.05. The lowest BCUT2D eigenvalue weighted by Crippen LogP contribution is -2.00. The van der Waals surface area contributed by atoms with Gasteiger partial charge in [-0.1, -0.05) is 24.3 Å². The number of thioether (sulfide) groups is 2. The summed E-state index contributed by atoms with van der Waals surface area (Å²) in [5.74, 6) is 2.57. The van der Waals surface area contributed by atoms with Gasteiger partial charge in [0.2, 0.25) is 0 Å². The molecule has 1 heterocycles. The second-order valence-corrected chi connectivity index (χ2v) is 7.15. The summed E-state index contributed by atoms with van der Waals surface area (Å²) >= 11 is 4.14. The van der Waals surface area contributed by atoms with Gasteiger partial charge in [-0.15, -0.1) is 23.5 Å². The first-order valence-corrected chi connectivity index (χ1v) is 8.94. The van der Waals surface area contributed by atoms with Crippen LogP contribution in [-0.2, 0) is 0 Å². The summed E-state index contributed by atoms with van der Waals surface area (Å²) < 4.78 is 0.606. The predicted molar refractivity (Wildman–Crippen MR) is 91.4 cm³/mol. The Hall–Kier alpha value is -0.670. The lowest BCUT2D eigenvalue weighted by atomic mass is 10.0. The Labute approximate surface area is 125 Å². The van der Waals surface area contributed by atoms with Gasteiger partial charge in [0.15, 0.2) is 0 Å². The van der Waals surface area contributed by atoms with E-state index in [1.807, 2.05) is 6.21 Å². The molecule has 19 heavy (non-hydrogen) atoms. The topological polar surface area (TPSA) is 12.4 Å². The zero-order valence-electron chi connectivity index (χ0n) is 11.6. The second kappa shape index (κ2) is 7.81. The molecule has 3 heteroatoms. The SMILES string of the molecule is C/C=C(\C=NCC)c1cccc(C2SCCCS2)c1. The highest BCUT2D eigenvalue weighted by atomic mass is 32.2. The Morgan fingerprint density at radius 2 is 2.16 bits per heavy atom. The van der Waals surface area contributed by atoms with Gasteiger partial charge in [0.05, 0.1) is 4.58 Å². The van der Waals surface area contributed by atoms with Crippen molar-refractivity contribution in [1.82, 2.24) is 0 Å². The highest BCUT2D eigenvalue weighted by Crippen LogP contribution is 2.43. The van der Waals surface area contributed by atoms with Crippen molar-refractivity contribution < 1.29 is 0 Å². The quantitative estimate of drug-likeness (QED) is 0.720. The molecule has 1 fully saturated rings. The molecule has 1 nitrogen and oxygen atoms in total. The van der Waals surface area contributed by atoms with Crippen molar-refractivity contribution in [1.29, 1.82) is 0 Å². The molecule has 2 rings (SSSR count). The molecule has 0 atom stereocenters. The fourth-order valence-corrected chi connectivity index (χ4v) is 4.92. The summed E-state index contributed by atoms with van der Waals surface area (Å²) in [6.45, 7) is 4.98. The maximum atomic E-state index is 4.36. The van der Waals surface area contributed by atoms with E-state index >= 15 is 0 Å². The van der Waals surface area contributed by atoms with Gasteiger partial charge in [-0.2, -0.15) is 0 Å². The first-order valence-electron chi connectivity index (χ1n) is 6.85. The smallest absolute Gasteiger partial charge is 0.0751 e. The number of aliphatic imine (C=N–C) groups is 1. The van der Waals surface area contributed by atoms with E-state index < -0.39 is 0 Å². The highest BCUT2D eigenvalue weighted by Gasteiger charge is 2.16. The lowest BCUT2D eigenvalue weighted by molar-refractivity contribution is 1.10. The zero-order valence-corrected chi connectivity index (χ0v) is 13.3. The summed E-state index contributed by atoms with van der Waals surface area (Å²) in [5.41, 5.74) is 3.94. The molecule has 0 bridgehead atoms. The van der Waals surface area contributed by atoms with Crippen LogP contribution in [0.5, 0.6) is 0 Å². The van der Waals surface area contributed by atoms with Crippen LogP contribution in [-0.4, -0.2) is 24.3 Å². The third-order valence-electron chi connectivity index (χ3n) is 3.04. The van der Waals surface area contributed by atoms with Crippen molar-refractivity contribution in [2.24, 2.45) is 4.99 Å². The summed E-state index contributed by atoms with van der Waals surface area (Å²) in [6, 6.07) is 8.93. The Morgan fingerprint density at radius 1 is 1.37 bits per heavy atom. The van der Waals surface area contributed by atoms with E-state index in [2.05, 4.69) is 72.7 Å². The minimum atomic E-state index is 0.606. The molecular weight excluding hydrogens is 270 g/mol. The average Bonchev–Trinajstić information content (AvgIpc) is 2.49. The van der Waals surface area contributed by atoms with E-state index in [-0.39, 0.29) is 0 Å². The van der Waals surface area contributed by atoms with Crippen LogP contribution in [0.25, 0.3) is 5.57 Å². The minimum Gasteiger partial charge on any atom is -0.293 e. The standard InChI is InChI=1S/C16H21NS2/c1-3-13(12-17-4-2)14-7-5-8-15(11-14)16-18-9-6-10-19-16/h3,5,7-8,11-12,16H,4,6,9-10H2,1-2H3/b13-3+,17-12?. The molecule has 0 spiro atoms. The van der Waals surface area contributed by atoms with Crippen molar-refractivity contribution in [3.8, 4) is 0 Å². The first kappa shape index (κ1) is 14.7. The molecule has 0 saturated carbocycles. The molecule has 0 aliphatic carbocycles. The average molecular weight is 291 g/mol. The molecule has 1 aromatic rings. The van der Waals surface area contributed by atoms with Crippen molar-refractivity contribution >= 4 is 35.3 Å². The van der Waals surface area contributed by atoms with Crippen LogP contribution in [0.4, 0.5) is 0 Å². The van der Waals surface area contributed by atoms with Crippen LogP contribution < -0.4 is 0 Å². The van der Waals surface area contributed by atoms with Gasteiger partial charge in [0, 0.05) is 12.8 Å². The van der Waals surface area contributed by atoms with E-state index in [9.17, 15) is 0 Å². The van der Waals surface area contributed by atoms with E-state index in [4.69, 9.17) is 0 Å². The summed E-state index contributed by atoms with van der Waals surface area (Å²) in [5, 5.41) is 0. The van der Waals surface area contributed by atoms with Crippen molar-refractivity contribution in [2.45, 2.75) is 24.9 Å². The van der Waals surface area contributed by atoms with Gasteiger partial charge >= 0.3 is 0 Å². The Bertz CT molecular complexity index is 460. The zero-order chi connectivity index (χ0) is 13.5. The van der Waals surface area contributed by atoms with Gasteiger partial charge in [-0.3, -0.25) is 4.99 Å². The Morgan fingerprint density at radius 3 is 2.84 bits per heavy atom. The summed E-state index contributed by atoms with van der Waals surface area (Å²) in [7, 11) is 0. The van der Waals surface area contributed by atoms with Gasteiger partial charge in [-0.05, 0) is 54.5 Å². The van der Waals surface area contributed by atoms with E-state index in [0.29, 0.717) is 4.58 Å². The lowest BCUT2D eigenvalue weighted by Gasteiger charge is -2.21. The molecular formula is C16H21NS2. The molecule has 1 saturated heterocycles. The van der Waals surface area contributed by atoms with Gasteiger partial charge in [-0.25, -0.2) is 0 Å². The minimum absolute atomic E-state index is 0.606.